The second-order valence-corrected chi connectivity index (χ2v) is 6.71. The summed E-state index contributed by atoms with van der Waals surface area (Å²) in [6, 6.07) is 11.9. The Balaban J connectivity index is 1.62. The van der Waals surface area contributed by atoms with Crippen LogP contribution in [0.2, 0.25) is 0 Å². The van der Waals surface area contributed by atoms with Crippen LogP contribution in [0, 0.1) is 0 Å². The van der Waals surface area contributed by atoms with Gasteiger partial charge in [0, 0.05) is 18.0 Å². The van der Waals surface area contributed by atoms with Gasteiger partial charge in [0.15, 0.2) is 11.2 Å². The summed E-state index contributed by atoms with van der Waals surface area (Å²) < 4.78 is 0. The monoisotopic (exact) mass is 384 g/mol. The van der Waals surface area contributed by atoms with Crippen LogP contribution in [0.1, 0.15) is 6.92 Å². The lowest BCUT2D eigenvalue weighted by Crippen LogP contribution is -2.54. The van der Waals surface area contributed by atoms with Crippen molar-refractivity contribution in [2.24, 2.45) is 4.99 Å². The smallest absolute Gasteiger partial charge is 0.280 e. The van der Waals surface area contributed by atoms with E-state index in [0.29, 0.717) is 5.69 Å². The lowest BCUT2D eigenvalue weighted by molar-refractivity contribution is -0.134. The average Bonchev–Trinajstić information content (AvgIpc) is 2.63. The molecule has 1 aliphatic rings. The molecule has 4 amide bonds. The molecule has 0 spiro atoms. The molecular formula is C18H16N4O4S. The first-order valence-electron chi connectivity index (χ1n) is 8.05. The van der Waals surface area contributed by atoms with Gasteiger partial charge in [0.2, 0.25) is 11.8 Å². The maximum atomic E-state index is 12.2. The van der Waals surface area contributed by atoms with Gasteiger partial charge in [-0.1, -0.05) is 48.2 Å². The fraction of sp³-hybridized carbons (Fsp3) is 0.167. The van der Waals surface area contributed by atoms with E-state index in [2.05, 4.69) is 20.9 Å². The number of rotatable bonds is 4. The van der Waals surface area contributed by atoms with Crippen LogP contribution < -0.4 is 16.0 Å². The first-order chi connectivity index (χ1) is 12.9. The number of carbonyl (C=O) groups excluding carboxylic acids is 4. The highest BCUT2D eigenvalue weighted by Gasteiger charge is 2.32. The van der Waals surface area contributed by atoms with Crippen LogP contribution in [0.3, 0.4) is 0 Å². The van der Waals surface area contributed by atoms with E-state index in [1.165, 1.54) is 6.92 Å². The van der Waals surface area contributed by atoms with Gasteiger partial charge in [0.1, 0.15) is 0 Å². The van der Waals surface area contributed by atoms with Gasteiger partial charge in [-0.25, -0.2) is 0 Å². The summed E-state index contributed by atoms with van der Waals surface area (Å²) >= 11 is 0.931. The van der Waals surface area contributed by atoms with Gasteiger partial charge in [0.05, 0.1) is 5.75 Å². The summed E-state index contributed by atoms with van der Waals surface area (Å²) in [7, 11) is 0. The van der Waals surface area contributed by atoms with Gasteiger partial charge in [-0.2, -0.15) is 4.99 Å². The molecule has 9 heteroatoms. The van der Waals surface area contributed by atoms with Gasteiger partial charge >= 0.3 is 0 Å². The number of aliphatic imine (C=N–C) groups is 1. The van der Waals surface area contributed by atoms with Crippen molar-refractivity contribution in [2.75, 3.05) is 11.1 Å². The number of hydrogen-bond acceptors (Lipinski definition) is 5. The molecule has 3 rings (SSSR count). The topological polar surface area (TPSA) is 117 Å². The van der Waals surface area contributed by atoms with E-state index in [4.69, 9.17) is 0 Å². The molecule has 2 aromatic carbocycles. The van der Waals surface area contributed by atoms with E-state index in [1.807, 2.05) is 36.4 Å². The first kappa shape index (κ1) is 18.6. The van der Waals surface area contributed by atoms with Crippen LogP contribution in [0.25, 0.3) is 10.8 Å². The lowest BCUT2D eigenvalue weighted by Gasteiger charge is -2.19. The van der Waals surface area contributed by atoms with Crippen LogP contribution >= 0.6 is 11.8 Å². The van der Waals surface area contributed by atoms with E-state index in [1.54, 1.807) is 6.07 Å². The predicted octanol–water partition coefficient (Wildman–Crippen LogP) is 1.03. The van der Waals surface area contributed by atoms with Crippen molar-refractivity contribution in [3.8, 4) is 0 Å². The summed E-state index contributed by atoms with van der Waals surface area (Å²) in [6.45, 7) is 1.20. The highest BCUT2D eigenvalue weighted by molar-refractivity contribution is 8.14. The van der Waals surface area contributed by atoms with E-state index in [-0.39, 0.29) is 16.8 Å². The summed E-state index contributed by atoms with van der Waals surface area (Å²) in [5, 5.41) is 9.38. The number of nitrogens with zero attached hydrogens (tertiary/aromatic N) is 1. The molecule has 1 aliphatic heterocycles. The first-order valence-corrected chi connectivity index (χ1v) is 9.03. The maximum absolute atomic E-state index is 12.2. The molecule has 1 heterocycles. The number of hydrogen-bond donors (Lipinski definition) is 3. The Hall–Kier alpha value is -3.20. The molecule has 0 radical (unpaired) electrons. The van der Waals surface area contributed by atoms with Gasteiger partial charge < -0.3 is 16.0 Å². The SMILES string of the molecule is CC(=O)NC1C(=O)N=C(SCC(=O)Nc2cccc3ccccc23)NC1=O. The fourth-order valence-corrected chi connectivity index (χ4v) is 3.20. The van der Waals surface area contributed by atoms with Crippen molar-refractivity contribution < 1.29 is 19.2 Å². The van der Waals surface area contributed by atoms with Gasteiger partial charge in [-0.05, 0) is 11.5 Å². The molecule has 8 nitrogen and oxygen atoms in total. The van der Waals surface area contributed by atoms with Crippen molar-refractivity contribution in [1.82, 2.24) is 10.6 Å². The summed E-state index contributed by atoms with van der Waals surface area (Å²) in [4.78, 5) is 50.7. The molecule has 0 saturated heterocycles. The molecule has 27 heavy (non-hydrogen) atoms. The Bertz CT molecular complexity index is 967. The Morgan fingerprint density at radius 3 is 2.63 bits per heavy atom. The Kier molecular flexibility index (Phi) is 5.51. The minimum atomic E-state index is -1.34. The van der Waals surface area contributed by atoms with Crippen LogP contribution in [0.5, 0.6) is 0 Å². The highest BCUT2D eigenvalue weighted by atomic mass is 32.2. The van der Waals surface area contributed by atoms with Gasteiger partial charge in [-0.3, -0.25) is 19.2 Å². The molecule has 138 valence electrons. The lowest BCUT2D eigenvalue weighted by atomic mass is 10.1. The largest absolute Gasteiger partial charge is 0.337 e. The van der Waals surface area contributed by atoms with Crippen LogP contribution in [-0.4, -0.2) is 40.6 Å². The number of amides is 4. The predicted molar refractivity (Wildman–Crippen MR) is 103 cm³/mol. The minimum Gasteiger partial charge on any atom is -0.337 e. The standard InChI is InChI=1S/C18H16N4O4S/c1-10(23)19-15-16(25)21-18(22-17(15)26)27-9-14(24)20-13-8-4-6-11-5-2-3-7-12(11)13/h2-8,15H,9H2,1H3,(H,19,23)(H,20,24)(H,21,22,25,26). The molecule has 1 atom stereocenters. The summed E-state index contributed by atoms with van der Waals surface area (Å²) in [5.41, 5.74) is 0.676. The molecule has 2 aromatic rings. The van der Waals surface area contributed by atoms with Crippen molar-refractivity contribution in [3.63, 3.8) is 0 Å². The zero-order valence-corrected chi connectivity index (χ0v) is 15.1. The van der Waals surface area contributed by atoms with Crippen LogP contribution in [0.15, 0.2) is 47.5 Å². The van der Waals surface area contributed by atoms with E-state index >= 15 is 0 Å². The third kappa shape index (κ3) is 4.50. The number of fused-ring (bicyclic) bond motifs is 1. The van der Waals surface area contributed by atoms with Crippen molar-refractivity contribution in [3.05, 3.63) is 42.5 Å². The van der Waals surface area contributed by atoms with E-state index in [0.717, 1.165) is 22.5 Å². The molecule has 0 saturated carbocycles. The van der Waals surface area contributed by atoms with E-state index < -0.39 is 23.8 Å². The van der Waals surface area contributed by atoms with E-state index in [9.17, 15) is 19.2 Å². The Morgan fingerprint density at radius 2 is 1.89 bits per heavy atom. The molecule has 0 aromatic heterocycles. The van der Waals surface area contributed by atoms with Crippen LogP contribution in [0.4, 0.5) is 5.69 Å². The summed E-state index contributed by atoms with van der Waals surface area (Å²) in [5.74, 6) is -2.30. The number of amidine groups is 1. The van der Waals surface area contributed by atoms with Gasteiger partial charge in [0.25, 0.3) is 11.8 Å². The molecular weight excluding hydrogens is 368 g/mol. The maximum Gasteiger partial charge on any atom is 0.280 e. The molecule has 0 fully saturated rings. The Morgan fingerprint density at radius 1 is 1.15 bits per heavy atom. The van der Waals surface area contributed by atoms with Crippen molar-refractivity contribution >= 4 is 57.0 Å². The van der Waals surface area contributed by atoms with Crippen LogP contribution in [-0.2, 0) is 19.2 Å². The molecule has 1 unspecified atom stereocenters. The summed E-state index contributed by atoms with van der Waals surface area (Å²) in [6.07, 6.45) is 0. The normalized spacial score (nSPS) is 16.5. The second kappa shape index (κ2) is 8.00. The number of benzene rings is 2. The Labute approximate surface area is 158 Å². The number of carbonyl (C=O) groups is 4. The number of nitrogens with one attached hydrogen (secondary N) is 3. The zero-order valence-electron chi connectivity index (χ0n) is 14.3. The molecule has 0 aliphatic carbocycles. The second-order valence-electron chi connectivity index (χ2n) is 5.74. The quantitative estimate of drug-likeness (QED) is 0.681. The zero-order chi connectivity index (χ0) is 19.4. The third-order valence-electron chi connectivity index (χ3n) is 3.70. The highest BCUT2D eigenvalue weighted by Crippen LogP contribution is 2.23. The molecule has 3 N–H and O–H groups in total. The van der Waals surface area contributed by atoms with Gasteiger partial charge in [-0.15, -0.1) is 0 Å². The third-order valence-corrected chi connectivity index (χ3v) is 4.58. The minimum absolute atomic E-state index is 0.0275. The number of thioether (sulfide) groups is 1. The fourth-order valence-electron chi connectivity index (χ4n) is 2.54. The van der Waals surface area contributed by atoms with Crippen molar-refractivity contribution in [1.29, 1.82) is 0 Å². The average molecular weight is 384 g/mol. The molecule has 0 bridgehead atoms. The number of anilines is 1. The van der Waals surface area contributed by atoms with Crippen molar-refractivity contribution in [2.45, 2.75) is 13.0 Å².